The summed E-state index contributed by atoms with van der Waals surface area (Å²) in [6.07, 6.45) is 4.63. The smallest absolute Gasteiger partial charge is 0.283 e. The third-order valence-electron chi connectivity index (χ3n) is 2.60. The Balaban J connectivity index is 1.77. The molecule has 2 N–H and O–H groups in total. The zero-order valence-corrected chi connectivity index (χ0v) is 10.6. The van der Waals surface area contributed by atoms with E-state index in [-0.39, 0.29) is 0 Å². The minimum atomic E-state index is -0.709. The number of ether oxygens (including phenoxy) is 2. The summed E-state index contributed by atoms with van der Waals surface area (Å²) in [5, 5.41) is 8.09. The SMILES string of the molecule is CC1(c2ccc(Cn3ncc(N)n3)s2)OC=CO1. The van der Waals surface area contributed by atoms with E-state index in [4.69, 9.17) is 15.2 Å². The van der Waals surface area contributed by atoms with E-state index in [1.807, 2.05) is 19.1 Å². The number of anilines is 1. The van der Waals surface area contributed by atoms with E-state index in [0.717, 1.165) is 9.75 Å². The Morgan fingerprint density at radius 1 is 1.39 bits per heavy atom. The van der Waals surface area contributed by atoms with Crippen molar-refractivity contribution >= 4 is 17.2 Å². The maximum Gasteiger partial charge on any atom is 0.283 e. The normalized spacial score (nSPS) is 16.5. The summed E-state index contributed by atoms with van der Waals surface area (Å²) in [7, 11) is 0. The number of nitrogens with two attached hydrogens (primary N) is 1. The first kappa shape index (κ1) is 11.1. The predicted octanol–water partition coefficient (Wildman–Crippen LogP) is 1.66. The number of rotatable bonds is 3. The van der Waals surface area contributed by atoms with Crippen LogP contribution in [0.15, 0.2) is 30.9 Å². The maximum atomic E-state index is 5.52. The molecule has 2 aromatic rings. The first-order valence-electron chi connectivity index (χ1n) is 5.41. The van der Waals surface area contributed by atoms with E-state index in [0.29, 0.717) is 12.4 Å². The number of nitrogens with zero attached hydrogens (tertiary/aromatic N) is 3. The zero-order chi connectivity index (χ0) is 12.6. The molecule has 94 valence electrons. The second kappa shape index (κ2) is 4.02. The van der Waals surface area contributed by atoms with Crippen LogP contribution in [0, 0.1) is 0 Å². The fourth-order valence-corrected chi connectivity index (χ4v) is 2.71. The van der Waals surface area contributed by atoms with E-state index >= 15 is 0 Å². The average molecular weight is 264 g/mol. The van der Waals surface area contributed by atoms with Gasteiger partial charge in [0.05, 0.1) is 17.6 Å². The zero-order valence-electron chi connectivity index (χ0n) is 9.74. The monoisotopic (exact) mass is 264 g/mol. The van der Waals surface area contributed by atoms with Gasteiger partial charge in [0.25, 0.3) is 5.79 Å². The van der Waals surface area contributed by atoms with Crippen LogP contribution in [0.5, 0.6) is 0 Å². The van der Waals surface area contributed by atoms with Gasteiger partial charge in [0.2, 0.25) is 0 Å². The highest BCUT2D eigenvalue weighted by Crippen LogP contribution is 2.36. The molecule has 7 heteroatoms. The van der Waals surface area contributed by atoms with Crippen molar-refractivity contribution in [2.75, 3.05) is 5.73 Å². The molecule has 0 saturated heterocycles. The Hall–Kier alpha value is -2.02. The van der Waals surface area contributed by atoms with Gasteiger partial charge in [0.1, 0.15) is 12.5 Å². The number of nitrogen functional groups attached to an aromatic ring is 1. The van der Waals surface area contributed by atoms with Crippen molar-refractivity contribution in [2.45, 2.75) is 19.3 Å². The highest BCUT2D eigenvalue weighted by atomic mass is 32.1. The van der Waals surface area contributed by atoms with Crippen LogP contribution in [0.4, 0.5) is 5.82 Å². The molecule has 0 unspecified atom stereocenters. The molecule has 0 amide bonds. The first-order valence-corrected chi connectivity index (χ1v) is 6.23. The molecule has 1 aliphatic heterocycles. The molecule has 3 rings (SSSR count). The molecule has 1 aliphatic rings. The molecule has 0 spiro atoms. The van der Waals surface area contributed by atoms with Crippen molar-refractivity contribution in [1.82, 2.24) is 15.0 Å². The molecular formula is C11H12N4O2S. The molecule has 0 saturated carbocycles. The van der Waals surface area contributed by atoms with Crippen molar-refractivity contribution in [1.29, 1.82) is 0 Å². The summed E-state index contributed by atoms with van der Waals surface area (Å²) in [4.78, 5) is 3.67. The van der Waals surface area contributed by atoms with Gasteiger partial charge in [0.15, 0.2) is 5.82 Å². The third-order valence-corrected chi connectivity index (χ3v) is 3.86. The lowest BCUT2D eigenvalue weighted by atomic mass is 10.2. The molecule has 0 fully saturated rings. The number of hydrogen-bond acceptors (Lipinski definition) is 6. The van der Waals surface area contributed by atoms with Crippen LogP contribution in [-0.4, -0.2) is 15.0 Å². The lowest BCUT2D eigenvalue weighted by Crippen LogP contribution is -2.20. The van der Waals surface area contributed by atoms with Crippen LogP contribution >= 0.6 is 11.3 Å². The predicted molar refractivity (Wildman–Crippen MR) is 66.5 cm³/mol. The fourth-order valence-electron chi connectivity index (χ4n) is 1.69. The van der Waals surface area contributed by atoms with Crippen molar-refractivity contribution in [3.05, 3.63) is 40.6 Å². The number of aromatic nitrogens is 3. The molecular weight excluding hydrogens is 252 g/mol. The molecule has 18 heavy (non-hydrogen) atoms. The molecule has 0 aliphatic carbocycles. The topological polar surface area (TPSA) is 75.2 Å². The van der Waals surface area contributed by atoms with E-state index in [1.54, 1.807) is 28.7 Å². The Morgan fingerprint density at radius 3 is 2.83 bits per heavy atom. The Morgan fingerprint density at radius 2 is 2.17 bits per heavy atom. The van der Waals surface area contributed by atoms with Crippen LogP contribution in [0.25, 0.3) is 0 Å². The highest BCUT2D eigenvalue weighted by Gasteiger charge is 2.33. The molecule has 3 heterocycles. The van der Waals surface area contributed by atoms with Crippen LogP contribution in [-0.2, 0) is 21.8 Å². The highest BCUT2D eigenvalue weighted by molar-refractivity contribution is 7.12. The Labute approximate surface area is 108 Å². The molecule has 0 atom stereocenters. The maximum absolute atomic E-state index is 5.52. The molecule has 0 aromatic carbocycles. The minimum absolute atomic E-state index is 0.422. The van der Waals surface area contributed by atoms with E-state index in [9.17, 15) is 0 Å². The quantitative estimate of drug-likeness (QED) is 0.912. The second-order valence-corrected chi connectivity index (χ2v) is 5.19. The summed E-state index contributed by atoms with van der Waals surface area (Å²) in [5.74, 6) is -0.287. The average Bonchev–Trinajstić information content (AvgIpc) is 3.02. The first-order chi connectivity index (χ1) is 8.66. The van der Waals surface area contributed by atoms with Crippen LogP contribution < -0.4 is 5.73 Å². The standard InChI is InChI=1S/C11H12N4O2S/c1-11(16-4-5-17-11)9-3-2-8(18-9)7-15-13-6-10(12)14-15/h2-6H,7H2,1H3,(H2,12,14). The number of thiophene rings is 1. The van der Waals surface area contributed by atoms with Crippen LogP contribution in [0.2, 0.25) is 0 Å². The minimum Gasteiger partial charge on any atom is -0.452 e. The van der Waals surface area contributed by atoms with Gasteiger partial charge in [-0.1, -0.05) is 0 Å². The van der Waals surface area contributed by atoms with Crippen LogP contribution in [0.1, 0.15) is 16.7 Å². The van der Waals surface area contributed by atoms with Gasteiger partial charge in [-0.2, -0.15) is 9.90 Å². The van der Waals surface area contributed by atoms with Gasteiger partial charge in [-0.05, 0) is 12.1 Å². The van der Waals surface area contributed by atoms with Crippen molar-refractivity contribution in [3.8, 4) is 0 Å². The largest absolute Gasteiger partial charge is 0.452 e. The number of hydrogen-bond donors (Lipinski definition) is 1. The van der Waals surface area contributed by atoms with E-state index in [2.05, 4.69) is 10.2 Å². The third kappa shape index (κ3) is 1.92. The Bertz CT molecular complexity index is 581. The summed E-state index contributed by atoms with van der Waals surface area (Å²) >= 11 is 1.60. The molecule has 0 radical (unpaired) electrons. The fraction of sp³-hybridized carbons (Fsp3) is 0.273. The van der Waals surface area contributed by atoms with Gasteiger partial charge in [0, 0.05) is 11.8 Å². The summed E-state index contributed by atoms with van der Waals surface area (Å²) in [6.45, 7) is 2.47. The van der Waals surface area contributed by atoms with Gasteiger partial charge in [-0.3, -0.25) is 0 Å². The summed E-state index contributed by atoms with van der Waals surface area (Å²) < 4.78 is 10.9. The van der Waals surface area contributed by atoms with Gasteiger partial charge < -0.3 is 15.2 Å². The Kier molecular flexibility index (Phi) is 2.48. The van der Waals surface area contributed by atoms with Crippen LogP contribution in [0.3, 0.4) is 0 Å². The van der Waals surface area contributed by atoms with Crippen molar-refractivity contribution in [3.63, 3.8) is 0 Å². The van der Waals surface area contributed by atoms with Crippen molar-refractivity contribution < 1.29 is 9.47 Å². The molecule has 2 aromatic heterocycles. The molecule has 0 bridgehead atoms. The lowest BCUT2D eigenvalue weighted by Gasteiger charge is -2.20. The lowest BCUT2D eigenvalue weighted by molar-refractivity contribution is -0.130. The van der Waals surface area contributed by atoms with Gasteiger partial charge >= 0.3 is 0 Å². The molecule has 6 nitrogen and oxygen atoms in total. The second-order valence-electron chi connectivity index (χ2n) is 4.02. The van der Waals surface area contributed by atoms with Gasteiger partial charge in [-0.25, -0.2) is 0 Å². The van der Waals surface area contributed by atoms with Crippen molar-refractivity contribution in [2.24, 2.45) is 0 Å². The van der Waals surface area contributed by atoms with E-state index in [1.165, 1.54) is 6.20 Å². The summed E-state index contributed by atoms with van der Waals surface area (Å²) in [5.41, 5.74) is 5.52. The summed E-state index contributed by atoms with van der Waals surface area (Å²) in [6, 6.07) is 4.00. The van der Waals surface area contributed by atoms with E-state index < -0.39 is 5.79 Å². The van der Waals surface area contributed by atoms with Gasteiger partial charge in [-0.15, -0.1) is 16.4 Å².